The Hall–Kier alpha value is -3.86. The number of aryl methyl sites for hydroxylation is 3. The summed E-state index contributed by atoms with van der Waals surface area (Å²) >= 11 is 0. The molecular weight excluding hydrogens is 480 g/mol. The van der Waals surface area contributed by atoms with Crippen LogP contribution in [0.3, 0.4) is 0 Å². The second-order valence-corrected chi connectivity index (χ2v) is 11.0. The summed E-state index contributed by atoms with van der Waals surface area (Å²) in [4.78, 5) is 41.7. The van der Waals surface area contributed by atoms with Crippen LogP contribution >= 0.6 is 0 Å². The summed E-state index contributed by atoms with van der Waals surface area (Å²) in [5.74, 6) is -0.935. The molecule has 0 radical (unpaired) electrons. The summed E-state index contributed by atoms with van der Waals surface area (Å²) in [7, 11) is 0. The highest BCUT2D eigenvalue weighted by Gasteiger charge is 2.37. The fraction of sp³-hybridized carbons (Fsp3) is 0.467. The van der Waals surface area contributed by atoms with Crippen LogP contribution in [0.1, 0.15) is 69.3 Å². The molecule has 0 bridgehead atoms. The minimum atomic E-state index is -1.10. The van der Waals surface area contributed by atoms with E-state index in [0.29, 0.717) is 17.7 Å². The van der Waals surface area contributed by atoms with Crippen molar-refractivity contribution in [3.63, 3.8) is 0 Å². The highest BCUT2D eigenvalue weighted by molar-refractivity contribution is 6.00. The number of nitriles is 1. The molecule has 2 aromatic rings. The number of rotatable bonds is 9. The number of amides is 3. The molecule has 8 heteroatoms. The number of nitrogens with zero attached hydrogens (tertiary/aromatic N) is 2. The molecule has 0 saturated heterocycles. The molecule has 38 heavy (non-hydrogen) atoms. The predicted octanol–water partition coefficient (Wildman–Crippen LogP) is 5.58. The summed E-state index contributed by atoms with van der Waals surface area (Å²) in [5.41, 5.74) is 3.13. The third-order valence-electron chi connectivity index (χ3n) is 5.87. The number of nitrogens with one attached hydrogen (secondary N) is 2. The summed E-state index contributed by atoms with van der Waals surface area (Å²) in [5, 5.41) is 15.4. The van der Waals surface area contributed by atoms with Gasteiger partial charge >= 0.3 is 6.09 Å². The standard InChI is InChI=1S/C30H40N4O4/c1-19(2)17-24(32-29(37)38-30(6,7)8)28(36)34(16-15-31)26(23-14-9-11-20(3)18-23)27(35)33-25-21(4)12-10-13-22(25)5/h9-14,18-19,24,26H,16-17H2,1-8H3,(H,32,37)(H,33,35). The maximum atomic E-state index is 14.0. The number of hydrogen-bond acceptors (Lipinski definition) is 5. The van der Waals surface area contributed by atoms with Gasteiger partial charge in [-0.3, -0.25) is 9.59 Å². The average Bonchev–Trinajstić information content (AvgIpc) is 2.79. The van der Waals surface area contributed by atoms with Crippen LogP contribution in [0.25, 0.3) is 0 Å². The maximum Gasteiger partial charge on any atom is 0.408 e. The number of para-hydroxylation sites is 1. The lowest BCUT2D eigenvalue weighted by Crippen LogP contribution is -2.53. The lowest BCUT2D eigenvalue weighted by Gasteiger charge is -2.33. The van der Waals surface area contributed by atoms with Crippen LogP contribution in [0, 0.1) is 38.0 Å². The van der Waals surface area contributed by atoms with Crippen molar-refractivity contribution in [2.24, 2.45) is 5.92 Å². The Morgan fingerprint density at radius 3 is 2.16 bits per heavy atom. The van der Waals surface area contributed by atoms with Gasteiger partial charge < -0.3 is 20.3 Å². The molecule has 2 N–H and O–H groups in total. The van der Waals surface area contributed by atoms with Crippen molar-refractivity contribution in [1.29, 1.82) is 5.26 Å². The van der Waals surface area contributed by atoms with Gasteiger partial charge in [0.05, 0.1) is 6.07 Å². The van der Waals surface area contributed by atoms with Gasteiger partial charge in [-0.05, 0) is 70.6 Å². The van der Waals surface area contributed by atoms with Crippen LogP contribution in [0.5, 0.6) is 0 Å². The zero-order chi connectivity index (χ0) is 28.6. The van der Waals surface area contributed by atoms with Crippen LogP contribution in [0.2, 0.25) is 0 Å². The molecule has 0 aliphatic rings. The van der Waals surface area contributed by atoms with Crippen molar-refractivity contribution in [3.05, 3.63) is 64.7 Å². The third-order valence-corrected chi connectivity index (χ3v) is 5.87. The summed E-state index contributed by atoms with van der Waals surface area (Å²) in [6.45, 7) is 14.4. The van der Waals surface area contributed by atoms with Gasteiger partial charge in [0.25, 0.3) is 5.91 Å². The summed E-state index contributed by atoms with van der Waals surface area (Å²) in [6.07, 6.45) is -0.431. The van der Waals surface area contributed by atoms with E-state index in [-0.39, 0.29) is 12.5 Å². The quantitative estimate of drug-likeness (QED) is 0.419. The van der Waals surface area contributed by atoms with Crippen molar-refractivity contribution in [3.8, 4) is 6.07 Å². The maximum absolute atomic E-state index is 14.0. The first kappa shape index (κ1) is 30.4. The Morgan fingerprint density at radius 2 is 1.63 bits per heavy atom. The van der Waals surface area contributed by atoms with E-state index >= 15 is 0 Å². The molecule has 0 aliphatic carbocycles. The van der Waals surface area contributed by atoms with Crippen LogP contribution < -0.4 is 10.6 Å². The normalized spacial score (nSPS) is 12.7. The van der Waals surface area contributed by atoms with E-state index in [1.807, 2.05) is 77.1 Å². The molecule has 8 nitrogen and oxygen atoms in total. The fourth-order valence-electron chi connectivity index (χ4n) is 4.23. The average molecular weight is 521 g/mol. The van der Waals surface area contributed by atoms with Gasteiger partial charge in [0.2, 0.25) is 5.91 Å². The van der Waals surface area contributed by atoms with Gasteiger partial charge in [-0.2, -0.15) is 5.26 Å². The van der Waals surface area contributed by atoms with Gasteiger partial charge in [-0.25, -0.2) is 4.79 Å². The van der Waals surface area contributed by atoms with E-state index in [9.17, 15) is 19.6 Å². The molecule has 2 aromatic carbocycles. The number of carbonyl (C=O) groups excluding carboxylic acids is 3. The van der Waals surface area contributed by atoms with Gasteiger partial charge in [0, 0.05) is 5.69 Å². The fourth-order valence-corrected chi connectivity index (χ4v) is 4.23. The van der Waals surface area contributed by atoms with E-state index < -0.39 is 35.6 Å². The van der Waals surface area contributed by atoms with E-state index in [2.05, 4.69) is 10.6 Å². The number of hydrogen-bond donors (Lipinski definition) is 2. The first-order chi connectivity index (χ1) is 17.7. The molecule has 0 aliphatic heterocycles. The van der Waals surface area contributed by atoms with Crippen LogP contribution in [-0.4, -0.2) is 41.0 Å². The lowest BCUT2D eigenvalue weighted by atomic mass is 9.98. The number of alkyl carbamates (subject to hydrolysis) is 1. The van der Waals surface area contributed by atoms with Gasteiger partial charge in [-0.1, -0.05) is 61.9 Å². The minimum Gasteiger partial charge on any atom is -0.444 e. The van der Waals surface area contributed by atoms with Crippen LogP contribution in [-0.2, 0) is 14.3 Å². The predicted molar refractivity (Wildman–Crippen MR) is 148 cm³/mol. The third kappa shape index (κ3) is 8.62. The van der Waals surface area contributed by atoms with E-state index in [4.69, 9.17) is 4.74 Å². The molecule has 2 rings (SSSR count). The van der Waals surface area contributed by atoms with Crippen molar-refractivity contribution in [1.82, 2.24) is 10.2 Å². The first-order valence-corrected chi connectivity index (χ1v) is 12.8. The summed E-state index contributed by atoms with van der Waals surface area (Å²) in [6, 6.07) is 12.9. The van der Waals surface area contributed by atoms with Crippen LogP contribution in [0.4, 0.5) is 10.5 Å². The van der Waals surface area contributed by atoms with E-state index in [1.54, 1.807) is 26.8 Å². The van der Waals surface area contributed by atoms with Gasteiger partial charge in [0.15, 0.2) is 0 Å². The van der Waals surface area contributed by atoms with Crippen molar-refractivity contribution < 1.29 is 19.1 Å². The van der Waals surface area contributed by atoms with E-state index in [0.717, 1.165) is 16.7 Å². The largest absolute Gasteiger partial charge is 0.444 e. The molecule has 0 fully saturated rings. The Labute approximate surface area is 226 Å². The number of carbonyl (C=O) groups is 3. The topological polar surface area (TPSA) is 112 Å². The second-order valence-electron chi connectivity index (χ2n) is 11.0. The molecule has 0 spiro atoms. The molecule has 0 heterocycles. The van der Waals surface area contributed by atoms with Crippen molar-refractivity contribution in [2.45, 2.75) is 79.5 Å². The highest BCUT2D eigenvalue weighted by Crippen LogP contribution is 2.28. The molecule has 0 saturated carbocycles. The molecule has 2 unspecified atom stereocenters. The molecule has 0 aromatic heterocycles. The molecule has 204 valence electrons. The Morgan fingerprint density at radius 1 is 1.03 bits per heavy atom. The highest BCUT2D eigenvalue weighted by atomic mass is 16.6. The minimum absolute atomic E-state index is 0.0451. The summed E-state index contributed by atoms with van der Waals surface area (Å²) < 4.78 is 5.39. The van der Waals surface area contributed by atoms with E-state index in [1.165, 1.54) is 4.90 Å². The van der Waals surface area contributed by atoms with Gasteiger partial charge in [-0.15, -0.1) is 0 Å². The van der Waals surface area contributed by atoms with Crippen molar-refractivity contribution >= 4 is 23.6 Å². The smallest absolute Gasteiger partial charge is 0.408 e. The lowest BCUT2D eigenvalue weighted by molar-refractivity contribution is -0.140. The second kappa shape index (κ2) is 13.1. The number of anilines is 1. The first-order valence-electron chi connectivity index (χ1n) is 12.8. The van der Waals surface area contributed by atoms with Crippen molar-refractivity contribution in [2.75, 3.05) is 11.9 Å². The molecular formula is C30H40N4O4. The Bertz CT molecular complexity index is 1170. The zero-order valence-electron chi connectivity index (χ0n) is 23.7. The van der Waals surface area contributed by atoms with Gasteiger partial charge in [0.1, 0.15) is 24.2 Å². The Balaban J connectivity index is 2.55. The molecule has 2 atom stereocenters. The Kier molecular flexibility index (Phi) is 10.5. The monoisotopic (exact) mass is 520 g/mol. The number of benzene rings is 2. The number of ether oxygens (including phenoxy) is 1. The van der Waals surface area contributed by atoms with Crippen LogP contribution in [0.15, 0.2) is 42.5 Å². The SMILES string of the molecule is Cc1cccc(C(C(=O)Nc2c(C)cccc2C)N(CC#N)C(=O)C(CC(C)C)NC(=O)OC(C)(C)C)c1. The molecule has 3 amide bonds. The zero-order valence-corrected chi connectivity index (χ0v) is 23.7.